The van der Waals surface area contributed by atoms with Gasteiger partial charge in [0.2, 0.25) is 0 Å². The fraction of sp³-hybridized carbons (Fsp3) is 0.761. The summed E-state index contributed by atoms with van der Waals surface area (Å²) in [7, 11) is 1.61. The smallest absolute Gasteiger partial charge is 0.472 e. The standard InChI is InChI=1S/C46H84NO7P/c1-6-8-10-12-14-16-18-20-22-24-25-27-29-31-33-35-37-39-46(48)54-45(44-53-55(49,50)52-42-40-47(3,4)5)43-51-41-38-36-34-32-30-28-26-23-21-19-17-15-13-11-9-7-2/h14,16,20-23,25,27,38,41,45H,6-13,15,17-19,24,26,28-37,39-40,42-44H2,1-5H3/p+1/b16-14-,22-20-,23-21-,27-25-,41-38-/t45-/m1/s1. The van der Waals surface area contributed by atoms with Crippen molar-refractivity contribution in [2.24, 2.45) is 0 Å². The molecular weight excluding hydrogens is 709 g/mol. The van der Waals surface area contributed by atoms with Crippen LogP contribution in [0.3, 0.4) is 0 Å². The number of likely N-dealkylation sites (N-methyl/N-ethyl adjacent to an activating group) is 1. The van der Waals surface area contributed by atoms with Crippen LogP contribution in [0.5, 0.6) is 0 Å². The van der Waals surface area contributed by atoms with Crippen LogP contribution in [0, 0.1) is 0 Å². The SMILES string of the molecule is CCCCC/C=C\C/C=C\C/C=C\CCCCCCC(=O)O[C@H](CO/C=C\CCCCCC/C=C\CCCCCCCC)COP(=O)(O)OCC[N+](C)(C)C. The highest BCUT2D eigenvalue weighted by Gasteiger charge is 2.26. The maximum atomic E-state index is 12.7. The lowest BCUT2D eigenvalue weighted by atomic mass is 10.1. The van der Waals surface area contributed by atoms with Gasteiger partial charge in [-0.2, -0.15) is 0 Å². The summed E-state index contributed by atoms with van der Waals surface area (Å²) in [4.78, 5) is 22.9. The van der Waals surface area contributed by atoms with Gasteiger partial charge in [0.25, 0.3) is 0 Å². The maximum absolute atomic E-state index is 12.7. The monoisotopic (exact) mass is 795 g/mol. The number of carbonyl (C=O) groups excluding carboxylic acids is 1. The van der Waals surface area contributed by atoms with Crippen molar-refractivity contribution in [3.63, 3.8) is 0 Å². The molecule has 0 heterocycles. The number of quaternary nitrogens is 1. The van der Waals surface area contributed by atoms with Crippen LogP contribution in [0.15, 0.2) is 60.9 Å². The second-order valence-corrected chi connectivity index (χ2v) is 17.2. The molecule has 0 aromatic carbocycles. The molecule has 0 aliphatic rings. The fourth-order valence-electron chi connectivity index (χ4n) is 5.64. The van der Waals surface area contributed by atoms with Crippen molar-refractivity contribution in [3.05, 3.63) is 60.9 Å². The van der Waals surface area contributed by atoms with E-state index in [1.807, 2.05) is 27.2 Å². The normalized spacial score (nSPS) is 14.3. The van der Waals surface area contributed by atoms with Gasteiger partial charge in [-0.05, 0) is 89.5 Å². The Morgan fingerprint density at radius 1 is 0.582 bits per heavy atom. The van der Waals surface area contributed by atoms with E-state index in [1.165, 1.54) is 89.9 Å². The highest BCUT2D eigenvalue weighted by Crippen LogP contribution is 2.43. The number of ether oxygens (including phenoxy) is 2. The summed E-state index contributed by atoms with van der Waals surface area (Å²) in [5, 5.41) is 0. The second kappa shape index (κ2) is 38.9. The number of rotatable bonds is 40. The van der Waals surface area contributed by atoms with Gasteiger partial charge in [0.1, 0.15) is 19.8 Å². The third-order valence-corrected chi connectivity index (χ3v) is 10.1. The van der Waals surface area contributed by atoms with Gasteiger partial charge in [-0.3, -0.25) is 13.8 Å². The van der Waals surface area contributed by atoms with Gasteiger partial charge in [-0.15, -0.1) is 0 Å². The number of nitrogens with zero attached hydrogens (tertiary/aromatic N) is 1. The van der Waals surface area contributed by atoms with E-state index in [1.54, 1.807) is 6.26 Å². The number of unbranched alkanes of at least 4 members (excludes halogenated alkanes) is 18. The van der Waals surface area contributed by atoms with Crippen LogP contribution in [0.1, 0.15) is 174 Å². The van der Waals surface area contributed by atoms with E-state index in [0.717, 1.165) is 64.2 Å². The summed E-state index contributed by atoms with van der Waals surface area (Å²) in [6.45, 7) is 4.85. The number of allylic oxidation sites excluding steroid dienone is 9. The quantitative estimate of drug-likeness (QED) is 0.0165. The number of hydrogen-bond acceptors (Lipinski definition) is 6. The molecular formula is C46H85NO7P+. The van der Waals surface area contributed by atoms with Crippen molar-refractivity contribution >= 4 is 13.8 Å². The minimum absolute atomic E-state index is 0.0312. The van der Waals surface area contributed by atoms with Crippen LogP contribution in [0.2, 0.25) is 0 Å². The molecule has 55 heavy (non-hydrogen) atoms. The average Bonchev–Trinajstić information content (AvgIpc) is 3.13. The van der Waals surface area contributed by atoms with E-state index in [4.69, 9.17) is 18.5 Å². The Balaban J connectivity index is 4.37. The largest absolute Gasteiger partial charge is 0.498 e. The van der Waals surface area contributed by atoms with Gasteiger partial charge in [0, 0.05) is 6.42 Å². The minimum atomic E-state index is -4.30. The minimum Gasteiger partial charge on any atom is -0.498 e. The topological polar surface area (TPSA) is 91.3 Å². The summed E-state index contributed by atoms with van der Waals surface area (Å²) < 4.78 is 34.7. The lowest BCUT2D eigenvalue weighted by Crippen LogP contribution is -2.37. The first-order valence-corrected chi connectivity index (χ1v) is 23.6. The van der Waals surface area contributed by atoms with Gasteiger partial charge < -0.3 is 18.9 Å². The molecule has 0 aliphatic heterocycles. The Morgan fingerprint density at radius 2 is 1.02 bits per heavy atom. The predicted molar refractivity (Wildman–Crippen MR) is 233 cm³/mol. The van der Waals surface area contributed by atoms with Crippen LogP contribution in [0.25, 0.3) is 0 Å². The molecule has 0 fully saturated rings. The number of hydrogen-bond donors (Lipinski definition) is 1. The molecule has 0 bridgehead atoms. The first kappa shape index (κ1) is 53.0. The van der Waals surface area contributed by atoms with Crippen LogP contribution in [-0.2, 0) is 27.9 Å². The van der Waals surface area contributed by atoms with Crippen molar-refractivity contribution in [2.75, 3.05) is 47.5 Å². The highest BCUT2D eigenvalue weighted by molar-refractivity contribution is 7.47. The van der Waals surface area contributed by atoms with Crippen LogP contribution in [-0.4, -0.2) is 69.0 Å². The van der Waals surface area contributed by atoms with Crippen molar-refractivity contribution in [1.82, 2.24) is 0 Å². The zero-order valence-corrected chi connectivity index (χ0v) is 37.0. The molecule has 9 heteroatoms. The van der Waals surface area contributed by atoms with E-state index in [2.05, 4.69) is 62.5 Å². The zero-order chi connectivity index (χ0) is 40.6. The van der Waals surface area contributed by atoms with Crippen molar-refractivity contribution in [1.29, 1.82) is 0 Å². The molecule has 1 N–H and O–H groups in total. The summed E-state index contributed by atoms with van der Waals surface area (Å²) in [5.74, 6) is -0.361. The number of phosphoric acid groups is 1. The van der Waals surface area contributed by atoms with Gasteiger partial charge >= 0.3 is 13.8 Å². The number of carbonyl (C=O) groups is 1. The van der Waals surface area contributed by atoms with Crippen molar-refractivity contribution < 1.29 is 37.3 Å². The number of phosphoric ester groups is 1. The molecule has 0 saturated carbocycles. The van der Waals surface area contributed by atoms with E-state index in [9.17, 15) is 14.3 Å². The van der Waals surface area contributed by atoms with Gasteiger partial charge in [-0.1, -0.05) is 133 Å². The summed E-state index contributed by atoms with van der Waals surface area (Å²) in [6, 6.07) is 0. The summed E-state index contributed by atoms with van der Waals surface area (Å²) >= 11 is 0. The second-order valence-electron chi connectivity index (χ2n) is 15.8. The summed E-state index contributed by atoms with van der Waals surface area (Å²) in [6.07, 6.45) is 49.2. The summed E-state index contributed by atoms with van der Waals surface area (Å²) in [5.41, 5.74) is 0. The molecule has 0 rings (SSSR count). The van der Waals surface area contributed by atoms with Gasteiger partial charge in [0.15, 0.2) is 6.10 Å². The third-order valence-electron chi connectivity index (χ3n) is 9.12. The van der Waals surface area contributed by atoms with Crippen LogP contribution >= 0.6 is 7.82 Å². The number of esters is 1. The van der Waals surface area contributed by atoms with Gasteiger partial charge in [-0.25, -0.2) is 4.57 Å². The Kier molecular flexibility index (Phi) is 37.5. The highest BCUT2D eigenvalue weighted by atomic mass is 31.2. The molecule has 1 unspecified atom stereocenters. The third kappa shape index (κ3) is 43.0. The Bertz CT molecular complexity index is 1060. The molecule has 0 saturated heterocycles. The van der Waals surface area contributed by atoms with E-state index in [-0.39, 0.29) is 32.2 Å². The lowest BCUT2D eigenvalue weighted by molar-refractivity contribution is -0.870. The molecule has 0 radical (unpaired) electrons. The van der Waals surface area contributed by atoms with E-state index < -0.39 is 13.9 Å². The van der Waals surface area contributed by atoms with E-state index in [0.29, 0.717) is 11.0 Å². The molecule has 320 valence electrons. The molecule has 0 amide bonds. The average molecular weight is 795 g/mol. The molecule has 0 aromatic heterocycles. The Labute approximate surface area is 339 Å². The molecule has 0 aliphatic carbocycles. The van der Waals surface area contributed by atoms with Crippen molar-refractivity contribution in [3.8, 4) is 0 Å². The maximum Gasteiger partial charge on any atom is 0.472 e. The molecule has 8 nitrogen and oxygen atoms in total. The van der Waals surface area contributed by atoms with Gasteiger partial charge in [0.05, 0.1) is 34.0 Å². The first-order chi connectivity index (χ1) is 26.6. The van der Waals surface area contributed by atoms with Crippen LogP contribution in [0.4, 0.5) is 0 Å². The zero-order valence-electron chi connectivity index (χ0n) is 36.1. The fourth-order valence-corrected chi connectivity index (χ4v) is 6.38. The molecule has 2 atom stereocenters. The Hall–Kier alpha value is -1.96. The molecule has 0 aromatic rings. The van der Waals surface area contributed by atoms with Crippen LogP contribution < -0.4 is 0 Å². The van der Waals surface area contributed by atoms with Crippen molar-refractivity contribution in [2.45, 2.75) is 180 Å². The Morgan fingerprint density at radius 3 is 1.56 bits per heavy atom. The predicted octanol–water partition coefficient (Wildman–Crippen LogP) is 13.3. The molecule has 0 spiro atoms. The van der Waals surface area contributed by atoms with E-state index >= 15 is 0 Å². The lowest BCUT2D eigenvalue weighted by Gasteiger charge is -2.24. The first-order valence-electron chi connectivity index (χ1n) is 22.1.